The predicted molar refractivity (Wildman–Crippen MR) is 88.4 cm³/mol. The van der Waals surface area contributed by atoms with Crippen molar-refractivity contribution >= 4 is 22.8 Å². The number of amides is 1. The average molecular weight is 299 g/mol. The van der Waals surface area contributed by atoms with Gasteiger partial charge >= 0.3 is 0 Å². The Bertz CT molecular complexity index is 646. The molecule has 0 bridgehead atoms. The molecule has 0 aliphatic carbocycles. The Hall–Kier alpha value is -2.17. The van der Waals surface area contributed by atoms with Crippen LogP contribution in [0.4, 0.5) is 0 Å². The third kappa shape index (κ3) is 4.16. The van der Waals surface area contributed by atoms with Crippen molar-refractivity contribution < 1.29 is 15.0 Å². The molecule has 4 nitrogen and oxygen atoms in total. The van der Waals surface area contributed by atoms with Crippen LogP contribution in [0.15, 0.2) is 48.5 Å². The van der Waals surface area contributed by atoms with Gasteiger partial charge in [0.05, 0.1) is 6.61 Å². The number of aliphatic hydroxyl groups excluding tert-OH is 2. The van der Waals surface area contributed by atoms with Gasteiger partial charge in [-0.25, -0.2) is 0 Å². The van der Waals surface area contributed by atoms with Gasteiger partial charge in [0.25, 0.3) is 0 Å². The number of carbonyl (C=O) groups is 1. The lowest BCUT2D eigenvalue weighted by molar-refractivity contribution is -0.126. The molecule has 0 aliphatic heterocycles. The Morgan fingerprint density at radius 1 is 1.00 bits per heavy atom. The Kier molecular flexibility index (Phi) is 6.13. The first kappa shape index (κ1) is 16.2. The van der Waals surface area contributed by atoms with Crippen LogP contribution in [-0.4, -0.2) is 47.3 Å². The monoisotopic (exact) mass is 299 g/mol. The first-order valence-corrected chi connectivity index (χ1v) is 7.42. The summed E-state index contributed by atoms with van der Waals surface area (Å²) < 4.78 is 0. The predicted octanol–water partition coefficient (Wildman–Crippen LogP) is 2.06. The smallest absolute Gasteiger partial charge is 0.246 e. The molecule has 0 spiro atoms. The van der Waals surface area contributed by atoms with E-state index in [0.717, 1.165) is 16.3 Å². The molecule has 22 heavy (non-hydrogen) atoms. The molecule has 0 radical (unpaired) electrons. The van der Waals surface area contributed by atoms with E-state index in [1.165, 1.54) is 11.0 Å². The first-order chi connectivity index (χ1) is 10.8. The van der Waals surface area contributed by atoms with E-state index >= 15 is 0 Å². The fraction of sp³-hybridized carbons (Fsp3) is 0.278. The van der Waals surface area contributed by atoms with Crippen LogP contribution in [0.5, 0.6) is 0 Å². The highest BCUT2D eigenvalue weighted by molar-refractivity contribution is 5.96. The zero-order valence-electron chi connectivity index (χ0n) is 12.5. The van der Waals surface area contributed by atoms with Crippen LogP contribution in [0, 0.1) is 0 Å². The minimum absolute atomic E-state index is 0.0300. The van der Waals surface area contributed by atoms with Gasteiger partial charge in [-0.15, -0.1) is 0 Å². The largest absolute Gasteiger partial charge is 0.396 e. The molecule has 0 unspecified atom stereocenters. The summed E-state index contributed by atoms with van der Waals surface area (Å²) in [5.41, 5.74) is 0.984. The van der Waals surface area contributed by atoms with Crippen LogP contribution in [0.3, 0.4) is 0 Å². The summed E-state index contributed by atoms with van der Waals surface area (Å²) in [6.07, 6.45) is 3.83. The fourth-order valence-corrected chi connectivity index (χ4v) is 2.38. The lowest BCUT2D eigenvalue weighted by Gasteiger charge is -2.19. The molecule has 0 saturated carbocycles. The van der Waals surface area contributed by atoms with Gasteiger partial charge in [-0.3, -0.25) is 4.79 Å². The number of carbonyl (C=O) groups excluding carboxylic acids is 1. The summed E-state index contributed by atoms with van der Waals surface area (Å²) in [6, 6.07) is 14.0. The maximum Gasteiger partial charge on any atom is 0.246 e. The van der Waals surface area contributed by atoms with Gasteiger partial charge in [0.15, 0.2) is 0 Å². The van der Waals surface area contributed by atoms with Crippen LogP contribution < -0.4 is 0 Å². The molecule has 0 aliphatic rings. The first-order valence-electron chi connectivity index (χ1n) is 7.42. The minimum atomic E-state index is -0.157. The van der Waals surface area contributed by atoms with Crippen LogP contribution in [-0.2, 0) is 4.79 Å². The maximum atomic E-state index is 12.2. The van der Waals surface area contributed by atoms with Gasteiger partial charge in [-0.2, -0.15) is 0 Å². The van der Waals surface area contributed by atoms with Gasteiger partial charge in [-0.1, -0.05) is 42.5 Å². The number of hydrogen-bond donors (Lipinski definition) is 2. The lowest BCUT2D eigenvalue weighted by Crippen LogP contribution is -2.33. The minimum Gasteiger partial charge on any atom is -0.396 e. The third-order valence-corrected chi connectivity index (χ3v) is 3.50. The van der Waals surface area contributed by atoms with Crippen molar-refractivity contribution in [2.75, 3.05) is 26.3 Å². The molecule has 0 fully saturated rings. The van der Waals surface area contributed by atoms with E-state index in [1.54, 1.807) is 6.08 Å². The van der Waals surface area contributed by atoms with Crippen molar-refractivity contribution in [1.29, 1.82) is 0 Å². The summed E-state index contributed by atoms with van der Waals surface area (Å²) >= 11 is 0. The number of fused-ring (bicyclic) bond motifs is 1. The maximum absolute atomic E-state index is 12.2. The standard InChI is InChI=1S/C18H21NO3/c20-13-4-11-19(12-14-21)18(22)10-9-16-7-3-6-15-5-1-2-8-17(15)16/h1-3,5-10,20-21H,4,11-14H2/b10-9+. The molecule has 2 aromatic carbocycles. The Morgan fingerprint density at radius 3 is 2.55 bits per heavy atom. The number of rotatable bonds is 7. The Balaban J connectivity index is 2.16. The van der Waals surface area contributed by atoms with E-state index in [0.29, 0.717) is 13.0 Å². The number of nitrogens with zero attached hydrogens (tertiary/aromatic N) is 1. The van der Waals surface area contributed by atoms with E-state index in [2.05, 4.69) is 0 Å². The molecule has 0 heterocycles. The summed E-state index contributed by atoms with van der Waals surface area (Å²) in [5.74, 6) is -0.157. The highest BCUT2D eigenvalue weighted by atomic mass is 16.3. The van der Waals surface area contributed by atoms with Gasteiger partial charge < -0.3 is 15.1 Å². The van der Waals surface area contributed by atoms with Crippen LogP contribution in [0.25, 0.3) is 16.8 Å². The van der Waals surface area contributed by atoms with Crippen molar-refractivity contribution in [3.05, 3.63) is 54.1 Å². The average Bonchev–Trinajstić information content (AvgIpc) is 2.56. The molecule has 0 aromatic heterocycles. The van der Waals surface area contributed by atoms with Gasteiger partial charge in [-0.05, 0) is 28.8 Å². The van der Waals surface area contributed by atoms with Gasteiger partial charge in [0, 0.05) is 25.8 Å². The van der Waals surface area contributed by atoms with E-state index in [9.17, 15) is 4.79 Å². The Labute approximate surface area is 130 Å². The SMILES string of the molecule is O=C(/C=C/c1cccc2ccccc12)N(CCO)CCCO. The van der Waals surface area contributed by atoms with Crippen molar-refractivity contribution in [3.8, 4) is 0 Å². The molecular formula is C18H21NO3. The summed E-state index contributed by atoms with van der Waals surface area (Å²) in [5, 5.41) is 20.1. The second-order valence-corrected chi connectivity index (χ2v) is 5.03. The Morgan fingerprint density at radius 2 is 1.77 bits per heavy atom. The van der Waals surface area contributed by atoms with E-state index in [-0.39, 0.29) is 25.7 Å². The van der Waals surface area contributed by atoms with Crippen LogP contribution >= 0.6 is 0 Å². The third-order valence-electron chi connectivity index (χ3n) is 3.50. The van der Waals surface area contributed by atoms with Crippen LogP contribution in [0.2, 0.25) is 0 Å². The van der Waals surface area contributed by atoms with Crippen molar-refractivity contribution in [1.82, 2.24) is 4.90 Å². The topological polar surface area (TPSA) is 60.8 Å². The molecule has 2 rings (SSSR count). The second-order valence-electron chi connectivity index (χ2n) is 5.03. The molecule has 116 valence electrons. The molecular weight excluding hydrogens is 278 g/mol. The van der Waals surface area contributed by atoms with E-state index < -0.39 is 0 Å². The van der Waals surface area contributed by atoms with E-state index in [4.69, 9.17) is 10.2 Å². The number of aliphatic hydroxyl groups is 2. The molecule has 0 saturated heterocycles. The molecule has 2 N–H and O–H groups in total. The van der Waals surface area contributed by atoms with Gasteiger partial charge in [0.2, 0.25) is 5.91 Å². The van der Waals surface area contributed by atoms with Crippen molar-refractivity contribution in [2.45, 2.75) is 6.42 Å². The summed E-state index contributed by atoms with van der Waals surface area (Å²) in [6.45, 7) is 0.663. The summed E-state index contributed by atoms with van der Waals surface area (Å²) in [7, 11) is 0. The van der Waals surface area contributed by atoms with Gasteiger partial charge in [0.1, 0.15) is 0 Å². The quantitative estimate of drug-likeness (QED) is 0.769. The number of benzene rings is 2. The molecule has 4 heteroatoms. The molecule has 0 atom stereocenters. The summed E-state index contributed by atoms with van der Waals surface area (Å²) in [4.78, 5) is 13.7. The molecule has 2 aromatic rings. The highest BCUT2D eigenvalue weighted by Gasteiger charge is 2.09. The van der Waals surface area contributed by atoms with Crippen LogP contribution in [0.1, 0.15) is 12.0 Å². The van der Waals surface area contributed by atoms with Crippen molar-refractivity contribution in [3.63, 3.8) is 0 Å². The van der Waals surface area contributed by atoms with Crippen molar-refractivity contribution in [2.24, 2.45) is 0 Å². The zero-order valence-corrected chi connectivity index (χ0v) is 12.5. The zero-order chi connectivity index (χ0) is 15.8. The van der Waals surface area contributed by atoms with E-state index in [1.807, 2.05) is 42.5 Å². The second kappa shape index (κ2) is 8.32. The highest BCUT2D eigenvalue weighted by Crippen LogP contribution is 2.19. The molecule has 1 amide bonds. The lowest BCUT2D eigenvalue weighted by atomic mass is 10.0. The fourth-order valence-electron chi connectivity index (χ4n) is 2.38. The normalized spacial score (nSPS) is 11.2. The number of hydrogen-bond acceptors (Lipinski definition) is 3.